The van der Waals surface area contributed by atoms with Crippen LogP contribution in [0.3, 0.4) is 0 Å². The Morgan fingerprint density at radius 2 is 2.08 bits per heavy atom. The molecule has 0 saturated heterocycles. The lowest BCUT2D eigenvalue weighted by Crippen LogP contribution is -1.98. The average Bonchev–Trinajstić information content (AvgIpc) is 1.94. The van der Waals surface area contributed by atoms with Gasteiger partial charge < -0.3 is 0 Å². The van der Waals surface area contributed by atoms with Crippen LogP contribution in [0.25, 0.3) is 0 Å². The third-order valence-electron chi connectivity index (χ3n) is 1.31. The quantitative estimate of drug-likeness (QED) is 0.551. The summed E-state index contributed by atoms with van der Waals surface area (Å²) in [5, 5.41) is 10.9. The van der Waals surface area contributed by atoms with E-state index in [0.29, 0.717) is 15.6 Å². The summed E-state index contributed by atoms with van der Waals surface area (Å²) in [6.45, 7) is -0.268. The van der Waals surface area contributed by atoms with Crippen LogP contribution in [0.5, 0.6) is 0 Å². The molecule has 0 aliphatic rings. The molecule has 0 aliphatic carbocycles. The fourth-order valence-corrected chi connectivity index (χ4v) is 1.26. The third-order valence-corrected chi connectivity index (χ3v) is 1.90. The maximum Gasteiger partial charge on any atom is 0.230 e. The van der Waals surface area contributed by atoms with Gasteiger partial charge in [-0.15, -0.1) is 0 Å². The Morgan fingerprint density at radius 1 is 1.42 bits per heavy atom. The molecular formula is C7H5Cl2NO2. The summed E-state index contributed by atoms with van der Waals surface area (Å²) in [6, 6.07) is 4.61. The lowest BCUT2D eigenvalue weighted by Gasteiger charge is -1.98. The van der Waals surface area contributed by atoms with Crippen molar-refractivity contribution in [1.82, 2.24) is 0 Å². The molecule has 0 atom stereocenters. The van der Waals surface area contributed by atoms with E-state index >= 15 is 0 Å². The van der Waals surface area contributed by atoms with Gasteiger partial charge in [-0.1, -0.05) is 23.2 Å². The van der Waals surface area contributed by atoms with E-state index in [-0.39, 0.29) is 6.54 Å². The van der Waals surface area contributed by atoms with Crippen LogP contribution in [-0.4, -0.2) is 4.92 Å². The summed E-state index contributed by atoms with van der Waals surface area (Å²) in [5.74, 6) is 0. The second-order valence-electron chi connectivity index (χ2n) is 2.23. The molecule has 0 radical (unpaired) electrons. The number of hydrogen-bond donors (Lipinski definition) is 0. The topological polar surface area (TPSA) is 43.1 Å². The molecule has 0 amide bonds. The Balaban J connectivity index is 2.93. The van der Waals surface area contributed by atoms with Crippen LogP contribution in [0, 0.1) is 10.1 Å². The standard InChI is InChI=1S/C7H5Cl2NO2/c8-6-2-1-5(4-10(11)12)7(9)3-6/h1-3H,4H2. The summed E-state index contributed by atoms with van der Waals surface area (Å²) >= 11 is 11.3. The minimum atomic E-state index is -0.435. The molecular weight excluding hydrogens is 201 g/mol. The van der Waals surface area contributed by atoms with Crippen molar-refractivity contribution in [2.24, 2.45) is 0 Å². The second-order valence-corrected chi connectivity index (χ2v) is 3.07. The van der Waals surface area contributed by atoms with Crippen LogP contribution in [0.15, 0.2) is 18.2 Å². The predicted octanol–water partition coefficient (Wildman–Crippen LogP) is 2.77. The van der Waals surface area contributed by atoms with Gasteiger partial charge in [0.2, 0.25) is 6.54 Å². The van der Waals surface area contributed by atoms with E-state index in [1.807, 2.05) is 0 Å². The Labute approximate surface area is 79.1 Å². The highest BCUT2D eigenvalue weighted by molar-refractivity contribution is 6.35. The number of rotatable bonds is 2. The predicted molar refractivity (Wildman–Crippen MR) is 47.2 cm³/mol. The first kappa shape index (κ1) is 9.29. The second kappa shape index (κ2) is 3.74. The molecule has 0 aliphatic heterocycles. The fraction of sp³-hybridized carbons (Fsp3) is 0.143. The van der Waals surface area contributed by atoms with Crippen molar-refractivity contribution >= 4 is 23.2 Å². The fourth-order valence-electron chi connectivity index (χ4n) is 0.789. The number of halogens is 2. The summed E-state index contributed by atoms with van der Waals surface area (Å²) < 4.78 is 0. The van der Waals surface area contributed by atoms with Crippen molar-refractivity contribution in [3.8, 4) is 0 Å². The maximum atomic E-state index is 10.1. The number of nitro groups is 1. The largest absolute Gasteiger partial charge is 0.264 e. The van der Waals surface area contributed by atoms with Gasteiger partial charge >= 0.3 is 0 Å². The molecule has 12 heavy (non-hydrogen) atoms. The summed E-state index contributed by atoms with van der Waals surface area (Å²) in [4.78, 5) is 9.68. The molecule has 0 saturated carbocycles. The maximum absolute atomic E-state index is 10.1. The SMILES string of the molecule is O=[N+]([O-])Cc1ccc(Cl)cc1Cl. The van der Waals surface area contributed by atoms with Crippen LogP contribution < -0.4 is 0 Å². The molecule has 64 valence electrons. The molecule has 0 unspecified atom stereocenters. The van der Waals surface area contributed by atoms with E-state index in [0.717, 1.165) is 0 Å². The van der Waals surface area contributed by atoms with Crippen LogP contribution >= 0.6 is 23.2 Å². The zero-order chi connectivity index (χ0) is 9.14. The van der Waals surface area contributed by atoms with Crippen molar-refractivity contribution in [2.75, 3.05) is 0 Å². The Bertz CT molecular complexity index is 314. The zero-order valence-corrected chi connectivity index (χ0v) is 7.47. The molecule has 1 aromatic rings. The lowest BCUT2D eigenvalue weighted by atomic mass is 10.2. The molecule has 0 N–H and O–H groups in total. The minimum absolute atomic E-state index is 0.268. The molecule has 0 bridgehead atoms. The van der Waals surface area contributed by atoms with Crippen LogP contribution in [-0.2, 0) is 6.54 Å². The first-order valence-electron chi connectivity index (χ1n) is 3.15. The van der Waals surface area contributed by atoms with E-state index in [4.69, 9.17) is 23.2 Å². The normalized spacial score (nSPS) is 9.83. The van der Waals surface area contributed by atoms with Gasteiger partial charge in [0.25, 0.3) is 0 Å². The summed E-state index contributed by atoms with van der Waals surface area (Å²) in [5.41, 5.74) is 0.478. The number of nitrogens with zero attached hydrogens (tertiary/aromatic N) is 1. The van der Waals surface area contributed by atoms with Crippen LogP contribution in [0.1, 0.15) is 5.56 Å². The van der Waals surface area contributed by atoms with Crippen molar-refractivity contribution < 1.29 is 4.92 Å². The van der Waals surface area contributed by atoms with Gasteiger partial charge in [-0.05, 0) is 18.2 Å². The molecule has 1 rings (SSSR count). The highest BCUT2D eigenvalue weighted by Gasteiger charge is 2.06. The van der Waals surface area contributed by atoms with Crippen LogP contribution in [0.2, 0.25) is 10.0 Å². The molecule has 0 fully saturated rings. The minimum Gasteiger partial charge on any atom is -0.264 e. The smallest absolute Gasteiger partial charge is 0.230 e. The third kappa shape index (κ3) is 2.36. The number of hydrogen-bond acceptors (Lipinski definition) is 2. The molecule has 3 nitrogen and oxygen atoms in total. The average molecular weight is 206 g/mol. The zero-order valence-electron chi connectivity index (χ0n) is 5.96. The van der Waals surface area contributed by atoms with Crippen molar-refractivity contribution in [1.29, 1.82) is 0 Å². The highest BCUT2D eigenvalue weighted by atomic mass is 35.5. The van der Waals surface area contributed by atoms with Crippen molar-refractivity contribution in [3.63, 3.8) is 0 Å². The van der Waals surface area contributed by atoms with Gasteiger partial charge in [0.05, 0.1) is 5.02 Å². The van der Waals surface area contributed by atoms with Gasteiger partial charge in [-0.2, -0.15) is 0 Å². The van der Waals surface area contributed by atoms with E-state index in [1.165, 1.54) is 6.07 Å². The monoisotopic (exact) mass is 205 g/mol. The Kier molecular flexibility index (Phi) is 2.89. The van der Waals surface area contributed by atoms with Gasteiger partial charge in [0.1, 0.15) is 0 Å². The molecule has 0 heterocycles. The van der Waals surface area contributed by atoms with E-state index in [1.54, 1.807) is 12.1 Å². The van der Waals surface area contributed by atoms with E-state index in [2.05, 4.69) is 0 Å². The van der Waals surface area contributed by atoms with E-state index in [9.17, 15) is 10.1 Å². The molecule has 0 spiro atoms. The van der Waals surface area contributed by atoms with Crippen molar-refractivity contribution in [3.05, 3.63) is 43.9 Å². The van der Waals surface area contributed by atoms with Gasteiger partial charge in [0, 0.05) is 15.5 Å². The molecule has 0 aromatic heterocycles. The highest BCUT2D eigenvalue weighted by Crippen LogP contribution is 2.21. The first-order chi connectivity index (χ1) is 5.59. The first-order valence-corrected chi connectivity index (χ1v) is 3.91. The molecule has 5 heteroatoms. The summed E-state index contributed by atoms with van der Waals surface area (Å²) in [6.07, 6.45) is 0. The van der Waals surface area contributed by atoms with Gasteiger partial charge in [0.15, 0.2) is 0 Å². The van der Waals surface area contributed by atoms with Crippen LogP contribution in [0.4, 0.5) is 0 Å². The summed E-state index contributed by atoms with van der Waals surface area (Å²) in [7, 11) is 0. The molecule has 1 aromatic carbocycles. The Morgan fingerprint density at radius 3 is 2.58 bits per heavy atom. The van der Waals surface area contributed by atoms with Crippen molar-refractivity contribution in [2.45, 2.75) is 6.54 Å². The van der Waals surface area contributed by atoms with Gasteiger partial charge in [-0.3, -0.25) is 10.1 Å². The van der Waals surface area contributed by atoms with Gasteiger partial charge in [-0.25, -0.2) is 0 Å². The number of benzene rings is 1. The Hall–Kier alpha value is -0.800. The lowest BCUT2D eigenvalue weighted by molar-refractivity contribution is -0.496. The van der Waals surface area contributed by atoms with E-state index < -0.39 is 4.92 Å².